The van der Waals surface area contributed by atoms with Crippen LogP contribution in [0.15, 0.2) is 60.7 Å². The van der Waals surface area contributed by atoms with E-state index in [4.69, 9.17) is 15.3 Å². The van der Waals surface area contributed by atoms with Gasteiger partial charge in [0, 0.05) is 25.6 Å². The number of hydrogen-bond donors (Lipinski definition) is 2. The van der Waals surface area contributed by atoms with Crippen LogP contribution in [-0.2, 0) is 24.5 Å². The maximum absolute atomic E-state index is 13.4. The molecule has 3 unspecified atom stereocenters. The lowest BCUT2D eigenvalue weighted by atomic mass is 9.72. The molecule has 0 radical (unpaired) electrons. The number of nitrogens with one attached hydrogen (secondary N) is 1. The van der Waals surface area contributed by atoms with E-state index in [2.05, 4.69) is 5.43 Å². The van der Waals surface area contributed by atoms with Crippen molar-refractivity contribution in [1.82, 2.24) is 10.3 Å². The Morgan fingerprint density at radius 3 is 2.48 bits per heavy atom. The molecule has 2 saturated heterocycles. The number of ketones is 1. The first kappa shape index (κ1) is 22.9. The molecule has 3 atom stereocenters. The van der Waals surface area contributed by atoms with Crippen LogP contribution in [0.3, 0.4) is 0 Å². The van der Waals surface area contributed by atoms with Gasteiger partial charge in [0.05, 0.1) is 6.61 Å². The highest BCUT2D eigenvalue weighted by Crippen LogP contribution is 2.39. The summed E-state index contributed by atoms with van der Waals surface area (Å²) >= 11 is 0. The van der Waals surface area contributed by atoms with E-state index in [9.17, 15) is 14.4 Å². The van der Waals surface area contributed by atoms with Gasteiger partial charge in [0.1, 0.15) is 17.3 Å². The maximum atomic E-state index is 13.4. The summed E-state index contributed by atoms with van der Waals surface area (Å²) in [5.74, 6) is 4.49. The van der Waals surface area contributed by atoms with Gasteiger partial charge in [-0.1, -0.05) is 48.5 Å². The minimum absolute atomic E-state index is 0.117. The fourth-order valence-corrected chi connectivity index (χ4v) is 4.82. The van der Waals surface area contributed by atoms with Crippen LogP contribution in [0.4, 0.5) is 0 Å². The van der Waals surface area contributed by atoms with E-state index < -0.39 is 29.1 Å². The van der Waals surface area contributed by atoms with Gasteiger partial charge < -0.3 is 14.4 Å². The molecule has 8 nitrogen and oxygen atoms in total. The number of likely N-dealkylation sites (tertiary alicyclic amines) is 1. The summed E-state index contributed by atoms with van der Waals surface area (Å²) in [5, 5.41) is 0. The SMILES string of the molecule is NNC(=O)C1(c2ccccc2)CCOC1C(=O)C(=O)N1CCCC(COc2ccccc2)C1. The third-order valence-corrected chi connectivity index (χ3v) is 6.54. The van der Waals surface area contributed by atoms with Gasteiger partial charge in [-0.3, -0.25) is 19.8 Å². The Balaban J connectivity index is 1.48. The van der Waals surface area contributed by atoms with Crippen molar-refractivity contribution in [1.29, 1.82) is 0 Å². The van der Waals surface area contributed by atoms with Crippen molar-refractivity contribution < 1.29 is 23.9 Å². The van der Waals surface area contributed by atoms with Crippen LogP contribution in [-0.4, -0.2) is 54.9 Å². The molecule has 2 heterocycles. The molecule has 2 amide bonds. The molecule has 0 spiro atoms. The van der Waals surface area contributed by atoms with Gasteiger partial charge >= 0.3 is 0 Å². The summed E-state index contributed by atoms with van der Waals surface area (Å²) in [5.41, 5.74) is 1.44. The molecule has 2 aliphatic heterocycles. The zero-order chi connectivity index (χ0) is 23.3. The number of carbonyl (C=O) groups is 3. The Bertz CT molecular complexity index is 984. The average molecular weight is 452 g/mol. The van der Waals surface area contributed by atoms with Crippen LogP contribution < -0.4 is 16.0 Å². The molecule has 33 heavy (non-hydrogen) atoms. The standard InChI is InChI=1S/C25H29N3O5/c26-27-24(31)25(19-9-3-1-4-10-19)13-15-32-22(25)21(29)23(30)28-14-7-8-18(16-28)17-33-20-11-5-2-6-12-20/h1-6,9-12,18,22H,7-8,13-17,26H2,(H,27,31). The van der Waals surface area contributed by atoms with Crippen molar-refractivity contribution in [3.05, 3.63) is 66.2 Å². The Morgan fingerprint density at radius 2 is 1.79 bits per heavy atom. The molecule has 2 aromatic rings. The Hall–Kier alpha value is -3.23. The number of amides is 2. The highest BCUT2D eigenvalue weighted by Gasteiger charge is 2.56. The highest BCUT2D eigenvalue weighted by atomic mass is 16.5. The number of benzene rings is 2. The fourth-order valence-electron chi connectivity index (χ4n) is 4.82. The number of carbonyl (C=O) groups excluding carboxylic acids is 3. The van der Waals surface area contributed by atoms with Crippen molar-refractivity contribution >= 4 is 17.6 Å². The molecule has 2 aromatic carbocycles. The smallest absolute Gasteiger partial charge is 0.292 e. The van der Waals surface area contributed by atoms with Crippen LogP contribution in [0.5, 0.6) is 5.75 Å². The van der Waals surface area contributed by atoms with Gasteiger partial charge in [0.15, 0.2) is 0 Å². The second kappa shape index (κ2) is 10.1. The fraction of sp³-hybridized carbons (Fsp3) is 0.400. The second-order valence-electron chi connectivity index (χ2n) is 8.56. The second-order valence-corrected chi connectivity index (χ2v) is 8.56. The van der Waals surface area contributed by atoms with Crippen LogP contribution in [0.2, 0.25) is 0 Å². The number of rotatable bonds is 7. The van der Waals surface area contributed by atoms with E-state index in [-0.39, 0.29) is 18.9 Å². The topological polar surface area (TPSA) is 111 Å². The van der Waals surface area contributed by atoms with E-state index in [0.717, 1.165) is 18.6 Å². The van der Waals surface area contributed by atoms with Crippen LogP contribution in [0.25, 0.3) is 0 Å². The molecular weight excluding hydrogens is 422 g/mol. The molecule has 0 saturated carbocycles. The van der Waals surface area contributed by atoms with Gasteiger partial charge in [-0.05, 0) is 37.0 Å². The normalized spacial score (nSPS) is 24.8. The summed E-state index contributed by atoms with van der Waals surface area (Å²) in [6.07, 6.45) is 0.725. The van der Waals surface area contributed by atoms with E-state index >= 15 is 0 Å². The lowest BCUT2D eigenvalue weighted by molar-refractivity contribution is -0.153. The number of ether oxygens (including phenoxy) is 2. The van der Waals surface area contributed by atoms with Crippen molar-refractivity contribution in [3.63, 3.8) is 0 Å². The first-order chi connectivity index (χ1) is 16.1. The van der Waals surface area contributed by atoms with Crippen molar-refractivity contribution in [2.45, 2.75) is 30.8 Å². The molecule has 2 fully saturated rings. The first-order valence-electron chi connectivity index (χ1n) is 11.3. The minimum Gasteiger partial charge on any atom is -0.493 e. The maximum Gasteiger partial charge on any atom is 0.292 e. The quantitative estimate of drug-likeness (QED) is 0.286. The third kappa shape index (κ3) is 4.62. The zero-order valence-corrected chi connectivity index (χ0v) is 18.4. The monoisotopic (exact) mass is 451 g/mol. The molecule has 0 aromatic heterocycles. The highest BCUT2D eigenvalue weighted by molar-refractivity contribution is 6.38. The molecule has 4 rings (SSSR count). The minimum atomic E-state index is -1.34. The van der Waals surface area contributed by atoms with Gasteiger partial charge in [-0.2, -0.15) is 0 Å². The lowest BCUT2D eigenvalue weighted by Crippen LogP contribution is -2.57. The number of nitrogens with two attached hydrogens (primary N) is 1. The Morgan fingerprint density at radius 1 is 1.09 bits per heavy atom. The first-order valence-corrected chi connectivity index (χ1v) is 11.3. The summed E-state index contributed by atoms with van der Waals surface area (Å²) in [6, 6.07) is 18.4. The van der Waals surface area contributed by atoms with Crippen LogP contribution in [0, 0.1) is 5.92 Å². The van der Waals surface area contributed by atoms with E-state index in [1.54, 1.807) is 29.2 Å². The predicted octanol–water partition coefficient (Wildman–Crippen LogP) is 1.59. The third-order valence-electron chi connectivity index (χ3n) is 6.54. The Labute approximate surface area is 193 Å². The number of hydrazine groups is 1. The molecule has 3 N–H and O–H groups in total. The number of nitrogens with zero attached hydrogens (tertiary/aromatic N) is 1. The lowest BCUT2D eigenvalue weighted by Gasteiger charge is -2.35. The number of Topliss-reactive ketones (excluding diaryl/α,β-unsaturated/α-hetero) is 1. The van der Waals surface area contributed by atoms with Gasteiger partial charge in [0.2, 0.25) is 11.7 Å². The molecule has 2 aliphatic rings. The predicted molar refractivity (Wildman–Crippen MR) is 121 cm³/mol. The van der Waals surface area contributed by atoms with Crippen molar-refractivity contribution in [2.24, 2.45) is 11.8 Å². The molecule has 0 bridgehead atoms. The number of para-hydroxylation sites is 1. The zero-order valence-electron chi connectivity index (χ0n) is 18.4. The number of piperidine rings is 1. The van der Waals surface area contributed by atoms with E-state index in [0.29, 0.717) is 25.3 Å². The van der Waals surface area contributed by atoms with E-state index in [1.165, 1.54) is 0 Å². The van der Waals surface area contributed by atoms with Gasteiger partial charge in [-0.25, -0.2) is 5.84 Å². The van der Waals surface area contributed by atoms with Crippen molar-refractivity contribution in [2.75, 3.05) is 26.3 Å². The van der Waals surface area contributed by atoms with E-state index in [1.807, 2.05) is 36.4 Å². The van der Waals surface area contributed by atoms with Gasteiger partial charge in [-0.15, -0.1) is 0 Å². The summed E-state index contributed by atoms with van der Waals surface area (Å²) in [4.78, 5) is 41.1. The summed E-state index contributed by atoms with van der Waals surface area (Å²) in [6.45, 7) is 1.55. The van der Waals surface area contributed by atoms with Gasteiger partial charge in [0.25, 0.3) is 5.91 Å². The summed E-state index contributed by atoms with van der Waals surface area (Å²) < 4.78 is 11.6. The average Bonchev–Trinajstić information content (AvgIpc) is 3.33. The summed E-state index contributed by atoms with van der Waals surface area (Å²) in [7, 11) is 0. The van der Waals surface area contributed by atoms with Crippen molar-refractivity contribution in [3.8, 4) is 5.75 Å². The largest absolute Gasteiger partial charge is 0.493 e. The number of hydrogen-bond acceptors (Lipinski definition) is 6. The van der Waals surface area contributed by atoms with Crippen LogP contribution in [0.1, 0.15) is 24.8 Å². The molecular formula is C25H29N3O5. The van der Waals surface area contributed by atoms with Crippen LogP contribution >= 0.6 is 0 Å². The molecule has 0 aliphatic carbocycles. The molecule has 8 heteroatoms. The Kier molecular flexibility index (Phi) is 7.05. The molecule has 174 valence electrons.